The zero-order valence-corrected chi connectivity index (χ0v) is 12.2. The molecule has 0 bridgehead atoms. The van der Waals surface area contributed by atoms with Crippen LogP contribution in [-0.2, 0) is 9.47 Å². The second-order valence-corrected chi connectivity index (χ2v) is 6.19. The molecule has 18 heavy (non-hydrogen) atoms. The van der Waals surface area contributed by atoms with Crippen LogP contribution in [0.5, 0.6) is 0 Å². The number of rotatable bonds is 4. The first-order chi connectivity index (χ1) is 8.72. The lowest BCUT2D eigenvalue weighted by Crippen LogP contribution is -2.57. The van der Waals surface area contributed by atoms with Gasteiger partial charge in [0.2, 0.25) is 0 Å². The van der Waals surface area contributed by atoms with Gasteiger partial charge in [-0.25, -0.2) is 0 Å². The Balaban J connectivity index is 2.07. The molecule has 3 nitrogen and oxygen atoms in total. The lowest BCUT2D eigenvalue weighted by molar-refractivity contribution is -0.102. The third-order valence-electron chi connectivity index (χ3n) is 5.07. The number of methoxy groups -OCH3 is 1. The van der Waals surface area contributed by atoms with Crippen molar-refractivity contribution in [1.82, 2.24) is 5.32 Å². The maximum Gasteiger partial charge on any atom is 0.0834 e. The standard InChI is InChI=1S/C15H29NO2/c1-12-6-8-15(17-3,9-7-12)14(16-2)13-5-4-10-18-11-13/h12-14,16H,4-11H2,1-3H3. The molecule has 3 heteroatoms. The average molecular weight is 255 g/mol. The molecule has 1 aliphatic carbocycles. The van der Waals surface area contributed by atoms with Crippen LogP contribution in [0.1, 0.15) is 45.4 Å². The summed E-state index contributed by atoms with van der Waals surface area (Å²) in [7, 11) is 3.97. The van der Waals surface area contributed by atoms with Gasteiger partial charge in [-0.05, 0) is 51.5 Å². The van der Waals surface area contributed by atoms with Crippen molar-refractivity contribution >= 4 is 0 Å². The molecule has 0 aromatic rings. The van der Waals surface area contributed by atoms with Crippen molar-refractivity contribution < 1.29 is 9.47 Å². The largest absolute Gasteiger partial charge is 0.381 e. The summed E-state index contributed by atoms with van der Waals surface area (Å²) in [5.41, 5.74) is 0.0344. The van der Waals surface area contributed by atoms with Gasteiger partial charge in [0.15, 0.2) is 0 Å². The van der Waals surface area contributed by atoms with Gasteiger partial charge in [0.05, 0.1) is 12.2 Å². The molecule has 2 atom stereocenters. The van der Waals surface area contributed by atoms with Crippen LogP contribution in [0, 0.1) is 11.8 Å². The second-order valence-electron chi connectivity index (χ2n) is 6.19. The smallest absolute Gasteiger partial charge is 0.0834 e. The Kier molecular flexibility index (Phi) is 5.05. The molecule has 2 unspecified atom stereocenters. The monoisotopic (exact) mass is 255 g/mol. The first kappa shape index (κ1) is 14.3. The maximum absolute atomic E-state index is 6.02. The number of hydrogen-bond acceptors (Lipinski definition) is 3. The van der Waals surface area contributed by atoms with E-state index in [4.69, 9.17) is 9.47 Å². The average Bonchev–Trinajstić information content (AvgIpc) is 2.43. The number of hydrogen-bond donors (Lipinski definition) is 1. The van der Waals surface area contributed by atoms with Crippen molar-refractivity contribution in [2.24, 2.45) is 11.8 Å². The quantitative estimate of drug-likeness (QED) is 0.837. The van der Waals surface area contributed by atoms with Crippen LogP contribution in [0.2, 0.25) is 0 Å². The zero-order valence-electron chi connectivity index (χ0n) is 12.2. The summed E-state index contributed by atoms with van der Waals surface area (Å²) in [4.78, 5) is 0. The fourth-order valence-corrected chi connectivity index (χ4v) is 3.85. The zero-order chi connectivity index (χ0) is 13.0. The maximum atomic E-state index is 6.02. The van der Waals surface area contributed by atoms with Crippen LogP contribution in [0.25, 0.3) is 0 Å². The van der Waals surface area contributed by atoms with Crippen molar-refractivity contribution in [2.45, 2.75) is 57.1 Å². The van der Waals surface area contributed by atoms with E-state index in [0.717, 1.165) is 19.1 Å². The Morgan fingerprint density at radius 3 is 2.50 bits per heavy atom. The van der Waals surface area contributed by atoms with E-state index in [0.29, 0.717) is 12.0 Å². The van der Waals surface area contributed by atoms with Crippen molar-refractivity contribution in [1.29, 1.82) is 0 Å². The van der Waals surface area contributed by atoms with Crippen molar-refractivity contribution in [3.63, 3.8) is 0 Å². The highest BCUT2D eigenvalue weighted by atomic mass is 16.5. The first-order valence-electron chi connectivity index (χ1n) is 7.52. The lowest BCUT2D eigenvalue weighted by atomic mass is 9.71. The third kappa shape index (κ3) is 2.89. The van der Waals surface area contributed by atoms with Gasteiger partial charge < -0.3 is 14.8 Å². The summed E-state index contributed by atoms with van der Waals surface area (Å²) < 4.78 is 11.7. The van der Waals surface area contributed by atoms with E-state index in [2.05, 4.69) is 19.3 Å². The predicted octanol–water partition coefficient (Wildman–Crippen LogP) is 2.60. The number of likely N-dealkylation sites (N-methyl/N-ethyl adjacent to an activating group) is 1. The third-order valence-corrected chi connectivity index (χ3v) is 5.07. The van der Waals surface area contributed by atoms with Gasteiger partial charge in [0.25, 0.3) is 0 Å². The Hall–Kier alpha value is -0.120. The van der Waals surface area contributed by atoms with Crippen molar-refractivity contribution in [3.8, 4) is 0 Å². The Morgan fingerprint density at radius 1 is 1.28 bits per heavy atom. The molecule has 0 aromatic carbocycles. The number of ether oxygens (including phenoxy) is 2. The molecule has 106 valence electrons. The summed E-state index contributed by atoms with van der Waals surface area (Å²) in [6.07, 6.45) is 7.42. The van der Waals surface area contributed by atoms with E-state index in [-0.39, 0.29) is 5.60 Å². The van der Waals surface area contributed by atoms with Gasteiger partial charge >= 0.3 is 0 Å². The van der Waals surface area contributed by atoms with Gasteiger partial charge in [-0.2, -0.15) is 0 Å². The van der Waals surface area contributed by atoms with Crippen LogP contribution in [0.4, 0.5) is 0 Å². The van der Waals surface area contributed by atoms with E-state index in [1.54, 1.807) is 0 Å². The number of nitrogens with one attached hydrogen (secondary N) is 1. The fraction of sp³-hybridized carbons (Fsp3) is 1.00. The minimum Gasteiger partial charge on any atom is -0.381 e. The molecule has 1 aliphatic heterocycles. The molecule has 0 radical (unpaired) electrons. The summed E-state index contributed by atoms with van der Waals surface area (Å²) in [5.74, 6) is 1.46. The molecule has 1 heterocycles. The summed E-state index contributed by atoms with van der Waals surface area (Å²) in [6.45, 7) is 4.19. The molecule has 0 amide bonds. The first-order valence-corrected chi connectivity index (χ1v) is 7.52. The van der Waals surface area contributed by atoms with Crippen LogP contribution in [0.3, 0.4) is 0 Å². The molecule has 1 saturated heterocycles. The van der Waals surface area contributed by atoms with E-state index in [1.165, 1.54) is 38.5 Å². The lowest BCUT2D eigenvalue weighted by Gasteiger charge is -2.47. The molecule has 1 saturated carbocycles. The molecule has 2 aliphatic rings. The van der Waals surface area contributed by atoms with Crippen molar-refractivity contribution in [3.05, 3.63) is 0 Å². The SMILES string of the molecule is CNC(C1CCCOC1)C1(OC)CCC(C)CC1. The van der Waals surface area contributed by atoms with Gasteiger partial charge in [-0.1, -0.05) is 6.92 Å². The molecule has 2 rings (SSSR count). The Bertz CT molecular complexity index is 243. The minimum absolute atomic E-state index is 0.0344. The molecule has 0 spiro atoms. The van der Waals surface area contributed by atoms with Crippen LogP contribution in [0.15, 0.2) is 0 Å². The van der Waals surface area contributed by atoms with Crippen LogP contribution >= 0.6 is 0 Å². The van der Waals surface area contributed by atoms with Gasteiger partial charge in [-0.15, -0.1) is 0 Å². The highest BCUT2D eigenvalue weighted by Gasteiger charge is 2.44. The minimum atomic E-state index is 0.0344. The van der Waals surface area contributed by atoms with E-state index in [1.807, 2.05) is 7.11 Å². The van der Waals surface area contributed by atoms with E-state index in [9.17, 15) is 0 Å². The molecule has 1 N–H and O–H groups in total. The fourth-order valence-electron chi connectivity index (χ4n) is 3.85. The highest BCUT2D eigenvalue weighted by molar-refractivity contribution is 4.99. The highest BCUT2D eigenvalue weighted by Crippen LogP contribution is 2.40. The molecule has 0 aromatic heterocycles. The normalized spacial score (nSPS) is 39.5. The van der Waals surface area contributed by atoms with Crippen LogP contribution in [-0.4, -0.2) is 39.0 Å². The topological polar surface area (TPSA) is 30.5 Å². The van der Waals surface area contributed by atoms with Crippen molar-refractivity contribution in [2.75, 3.05) is 27.4 Å². The van der Waals surface area contributed by atoms with Gasteiger partial charge in [0, 0.05) is 25.7 Å². The Morgan fingerprint density at radius 2 is 2.00 bits per heavy atom. The molecular weight excluding hydrogens is 226 g/mol. The van der Waals surface area contributed by atoms with Gasteiger partial charge in [0.1, 0.15) is 0 Å². The summed E-state index contributed by atoms with van der Waals surface area (Å²) >= 11 is 0. The van der Waals surface area contributed by atoms with E-state index < -0.39 is 0 Å². The van der Waals surface area contributed by atoms with Crippen LogP contribution < -0.4 is 5.32 Å². The molecular formula is C15H29NO2. The summed E-state index contributed by atoms with van der Waals surface area (Å²) in [5, 5.41) is 3.54. The summed E-state index contributed by atoms with van der Waals surface area (Å²) in [6, 6.07) is 0.440. The van der Waals surface area contributed by atoms with E-state index >= 15 is 0 Å². The predicted molar refractivity (Wildman–Crippen MR) is 73.8 cm³/mol. The second kappa shape index (κ2) is 6.36. The van der Waals surface area contributed by atoms with Gasteiger partial charge in [-0.3, -0.25) is 0 Å². The Labute approximate surface area is 112 Å². The molecule has 2 fully saturated rings.